The van der Waals surface area contributed by atoms with E-state index in [1.807, 2.05) is 60.7 Å². The van der Waals surface area contributed by atoms with Crippen molar-refractivity contribution in [1.82, 2.24) is 0 Å². The average molecular weight is 378 g/mol. The number of benzene rings is 2. The molecule has 6 nitrogen and oxygen atoms in total. The van der Waals surface area contributed by atoms with E-state index in [1.54, 1.807) is 0 Å². The minimum absolute atomic E-state index is 0.0654. The van der Waals surface area contributed by atoms with Crippen molar-refractivity contribution >= 4 is 13.8 Å². The van der Waals surface area contributed by atoms with Crippen LogP contribution in [0.2, 0.25) is 0 Å². The maximum Gasteiger partial charge on any atom is 0.475 e. The number of ether oxygens (including phenoxy) is 1. The summed E-state index contributed by atoms with van der Waals surface area (Å²) in [6, 6.07) is 18.7. The summed E-state index contributed by atoms with van der Waals surface area (Å²) < 4.78 is 33.8. The second kappa shape index (κ2) is 10.9. The minimum atomic E-state index is -3.77. The summed E-state index contributed by atoms with van der Waals surface area (Å²) in [6.45, 7) is 0.268. The number of hydrogen-bond acceptors (Lipinski definition) is 6. The van der Waals surface area contributed by atoms with Gasteiger partial charge in [0.25, 0.3) is 0 Å². The van der Waals surface area contributed by atoms with Gasteiger partial charge in [0.05, 0.1) is 26.9 Å². The van der Waals surface area contributed by atoms with Crippen molar-refractivity contribution in [3.8, 4) is 0 Å². The Balaban J connectivity index is 1.92. The van der Waals surface area contributed by atoms with Crippen molar-refractivity contribution in [2.45, 2.75) is 26.1 Å². The number of carbonyl (C=O) groups excluding carboxylic acids is 1. The molecule has 0 aliphatic heterocycles. The smallest absolute Gasteiger partial charge is 0.469 e. The van der Waals surface area contributed by atoms with E-state index in [0.717, 1.165) is 11.1 Å². The van der Waals surface area contributed by atoms with Crippen LogP contribution in [0.3, 0.4) is 0 Å². The third-order valence-electron chi connectivity index (χ3n) is 3.47. The van der Waals surface area contributed by atoms with Crippen molar-refractivity contribution in [2.75, 3.05) is 13.7 Å². The Kier molecular flexibility index (Phi) is 8.51. The maximum absolute atomic E-state index is 12.9. The molecule has 0 saturated heterocycles. The molecule has 0 atom stereocenters. The first-order valence-corrected chi connectivity index (χ1v) is 9.76. The van der Waals surface area contributed by atoms with Crippen molar-refractivity contribution in [2.24, 2.45) is 0 Å². The van der Waals surface area contributed by atoms with E-state index >= 15 is 0 Å². The van der Waals surface area contributed by atoms with E-state index in [-0.39, 0.29) is 32.2 Å². The molecule has 0 unspecified atom stereocenters. The van der Waals surface area contributed by atoms with Gasteiger partial charge >= 0.3 is 13.8 Å². The molecule has 7 heteroatoms. The standard InChI is InChI=1S/C19H23O6P/c1-22-19(20)13-8-14-23-26(21,24-15-17-9-4-2-5-10-17)25-16-18-11-6-3-7-12-18/h2-7,9-12H,8,13-16H2,1H3. The van der Waals surface area contributed by atoms with E-state index < -0.39 is 7.82 Å². The van der Waals surface area contributed by atoms with Crippen LogP contribution in [0.15, 0.2) is 60.7 Å². The van der Waals surface area contributed by atoms with Gasteiger partial charge in [-0.3, -0.25) is 18.4 Å². The SMILES string of the molecule is COC(=O)CCCOP(=O)(OCc1ccccc1)OCc1ccccc1. The molecule has 2 rings (SSSR count). The lowest BCUT2D eigenvalue weighted by Crippen LogP contribution is -2.05. The summed E-state index contributed by atoms with van der Waals surface area (Å²) in [5.74, 6) is -0.348. The van der Waals surface area contributed by atoms with E-state index in [9.17, 15) is 9.36 Å². The van der Waals surface area contributed by atoms with Crippen LogP contribution >= 0.6 is 7.82 Å². The molecule has 0 aromatic heterocycles. The number of rotatable bonds is 11. The summed E-state index contributed by atoms with van der Waals surface area (Å²) in [4.78, 5) is 11.1. The summed E-state index contributed by atoms with van der Waals surface area (Å²) >= 11 is 0. The lowest BCUT2D eigenvalue weighted by atomic mass is 10.2. The molecule has 0 fully saturated rings. The Morgan fingerprint density at radius 1 is 0.846 bits per heavy atom. The molecular formula is C19H23O6P. The second-order valence-corrected chi connectivity index (χ2v) is 7.15. The van der Waals surface area contributed by atoms with Crippen molar-refractivity contribution < 1.29 is 27.7 Å². The zero-order valence-electron chi connectivity index (χ0n) is 14.7. The van der Waals surface area contributed by atoms with Gasteiger partial charge in [-0.1, -0.05) is 60.7 Å². The van der Waals surface area contributed by atoms with Gasteiger partial charge in [-0.25, -0.2) is 4.57 Å². The number of esters is 1. The van der Waals surface area contributed by atoms with Gasteiger partial charge in [-0.15, -0.1) is 0 Å². The number of phosphoric ester groups is 1. The Bertz CT molecular complexity index is 657. The molecule has 0 bridgehead atoms. The van der Waals surface area contributed by atoms with Crippen LogP contribution in [0.4, 0.5) is 0 Å². The molecule has 140 valence electrons. The number of carbonyl (C=O) groups is 1. The number of methoxy groups -OCH3 is 1. The van der Waals surface area contributed by atoms with E-state index in [2.05, 4.69) is 4.74 Å². The number of hydrogen-bond donors (Lipinski definition) is 0. The summed E-state index contributed by atoms with van der Waals surface area (Å²) in [5, 5.41) is 0. The minimum Gasteiger partial charge on any atom is -0.469 e. The maximum atomic E-state index is 12.9. The fourth-order valence-electron chi connectivity index (χ4n) is 2.06. The van der Waals surface area contributed by atoms with Gasteiger partial charge in [0.1, 0.15) is 0 Å². The molecule has 0 heterocycles. The van der Waals surface area contributed by atoms with Crippen molar-refractivity contribution in [3.05, 3.63) is 71.8 Å². The molecule has 0 aliphatic carbocycles. The first-order chi connectivity index (χ1) is 12.6. The van der Waals surface area contributed by atoms with Gasteiger partial charge in [0, 0.05) is 6.42 Å². The van der Waals surface area contributed by atoms with E-state index in [1.165, 1.54) is 7.11 Å². The van der Waals surface area contributed by atoms with Crippen molar-refractivity contribution in [1.29, 1.82) is 0 Å². The molecule has 2 aromatic carbocycles. The normalized spacial score (nSPS) is 11.3. The molecule has 0 spiro atoms. The van der Waals surface area contributed by atoms with Crippen LogP contribution in [0.1, 0.15) is 24.0 Å². The predicted octanol–water partition coefficient (Wildman–Crippen LogP) is 4.50. The quantitative estimate of drug-likeness (QED) is 0.326. The zero-order valence-corrected chi connectivity index (χ0v) is 15.6. The van der Waals surface area contributed by atoms with Crippen LogP contribution in [0, 0.1) is 0 Å². The van der Waals surface area contributed by atoms with Gasteiger partial charge < -0.3 is 4.74 Å². The summed E-state index contributed by atoms with van der Waals surface area (Å²) in [6.07, 6.45) is 0.536. The van der Waals surface area contributed by atoms with Crippen molar-refractivity contribution in [3.63, 3.8) is 0 Å². The molecule has 2 aromatic rings. The largest absolute Gasteiger partial charge is 0.475 e. The van der Waals surface area contributed by atoms with Crippen LogP contribution in [-0.4, -0.2) is 19.7 Å². The molecule has 0 aliphatic rings. The van der Waals surface area contributed by atoms with Gasteiger partial charge in [-0.05, 0) is 17.5 Å². The molecular weight excluding hydrogens is 355 g/mol. The van der Waals surface area contributed by atoms with Crippen LogP contribution < -0.4 is 0 Å². The lowest BCUT2D eigenvalue weighted by Gasteiger charge is -2.18. The molecule has 0 amide bonds. The summed E-state index contributed by atoms with van der Waals surface area (Å²) in [5.41, 5.74) is 1.71. The van der Waals surface area contributed by atoms with Gasteiger partial charge in [0.15, 0.2) is 0 Å². The number of phosphoric acid groups is 1. The van der Waals surface area contributed by atoms with E-state index in [0.29, 0.717) is 6.42 Å². The Morgan fingerprint density at radius 3 is 1.81 bits per heavy atom. The summed E-state index contributed by atoms with van der Waals surface area (Å²) in [7, 11) is -2.45. The first-order valence-electron chi connectivity index (χ1n) is 8.29. The lowest BCUT2D eigenvalue weighted by molar-refractivity contribution is -0.140. The highest BCUT2D eigenvalue weighted by atomic mass is 31.2. The Labute approximate surface area is 153 Å². The molecule has 26 heavy (non-hydrogen) atoms. The Hall–Kier alpha value is -1.98. The molecule has 0 radical (unpaired) electrons. The van der Waals surface area contributed by atoms with Gasteiger partial charge in [0.2, 0.25) is 0 Å². The highest BCUT2D eigenvalue weighted by Crippen LogP contribution is 2.51. The first kappa shape index (κ1) is 20.3. The molecule has 0 N–H and O–H groups in total. The highest BCUT2D eigenvalue weighted by Gasteiger charge is 2.27. The van der Waals surface area contributed by atoms with Gasteiger partial charge in [-0.2, -0.15) is 0 Å². The molecule has 0 saturated carbocycles. The second-order valence-electron chi connectivity index (χ2n) is 5.48. The third kappa shape index (κ3) is 7.50. The monoisotopic (exact) mass is 378 g/mol. The Morgan fingerprint density at radius 2 is 1.35 bits per heavy atom. The fourth-order valence-corrected chi connectivity index (χ4v) is 3.25. The van der Waals surface area contributed by atoms with Crippen LogP contribution in [-0.2, 0) is 40.9 Å². The predicted molar refractivity (Wildman–Crippen MR) is 97.3 cm³/mol. The topological polar surface area (TPSA) is 71.1 Å². The third-order valence-corrected chi connectivity index (χ3v) is 4.86. The fraction of sp³-hybridized carbons (Fsp3) is 0.316. The zero-order chi connectivity index (χ0) is 18.7. The average Bonchev–Trinajstić information content (AvgIpc) is 2.70. The van der Waals surface area contributed by atoms with Crippen LogP contribution in [0.5, 0.6) is 0 Å². The van der Waals surface area contributed by atoms with Crippen LogP contribution in [0.25, 0.3) is 0 Å². The highest BCUT2D eigenvalue weighted by molar-refractivity contribution is 7.48. The van der Waals surface area contributed by atoms with E-state index in [4.69, 9.17) is 13.6 Å².